The zero-order valence-electron chi connectivity index (χ0n) is 17.0. The monoisotopic (exact) mass is 432 g/mol. The van der Waals surface area contributed by atoms with E-state index in [1.54, 1.807) is 38.4 Å². The molecule has 7 nitrogen and oxygen atoms in total. The minimum Gasteiger partial charge on any atom is -0.345 e. The lowest BCUT2D eigenvalue weighted by Crippen LogP contribution is -2.27. The first kappa shape index (κ1) is 20.5. The molecule has 0 unspecified atom stereocenters. The minimum absolute atomic E-state index is 0.116. The maximum Gasteiger partial charge on any atom is 0.271 e. The van der Waals surface area contributed by atoms with Crippen molar-refractivity contribution in [2.24, 2.45) is 0 Å². The Bertz CT molecular complexity index is 1310. The van der Waals surface area contributed by atoms with Crippen LogP contribution in [0.25, 0.3) is 20.7 Å². The molecule has 2 amide bonds. The Morgan fingerprint density at radius 1 is 1.06 bits per heavy atom. The molecule has 0 fully saturated rings. The molecule has 8 heteroatoms. The van der Waals surface area contributed by atoms with Gasteiger partial charge in [0, 0.05) is 30.2 Å². The molecular formula is C23H20N4O3S. The highest BCUT2D eigenvalue weighted by molar-refractivity contribution is 7.22. The summed E-state index contributed by atoms with van der Waals surface area (Å²) in [6, 6.07) is 18.3. The molecule has 0 atom stereocenters. The van der Waals surface area contributed by atoms with Gasteiger partial charge < -0.3 is 10.2 Å². The Morgan fingerprint density at radius 3 is 2.45 bits per heavy atom. The standard InChI is InChI=1S/C23H20N4O3S/c1-26(2)22(29)16-8-10-17(11-9-16)25-20(28)13-27-14-24-18-12-19(31-21(18)23(27)30)15-6-4-3-5-7-15/h3-12,14H,13H2,1-2H3,(H,25,28). The smallest absolute Gasteiger partial charge is 0.271 e. The van der Waals surface area contributed by atoms with Gasteiger partial charge in [0.2, 0.25) is 5.91 Å². The molecule has 1 N–H and O–H groups in total. The van der Waals surface area contributed by atoms with Crippen LogP contribution in [0.15, 0.2) is 71.8 Å². The van der Waals surface area contributed by atoms with E-state index in [4.69, 9.17) is 0 Å². The van der Waals surface area contributed by atoms with Crippen LogP contribution < -0.4 is 10.9 Å². The van der Waals surface area contributed by atoms with E-state index in [0.717, 1.165) is 10.4 Å². The summed E-state index contributed by atoms with van der Waals surface area (Å²) >= 11 is 1.37. The molecule has 2 aromatic heterocycles. The second-order valence-corrected chi connectivity index (χ2v) is 8.25. The number of anilines is 1. The lowest BCUT2D eigenvalue weighted by Gasteiger charge is -2.11. The summed E-state index contributed by atoms with van der Waals surface area (Å²) in [5.41, 5.74) is 2.46. The van der Waals surface area contributed by atoms with Crippen molar-refractivity contribution in [3.8, 4) is 10.4 Å². The Hall–Kier alpha value is -3.78. The van der Waals surface area contributed by atoms with E-state index in [9.17, 15) is 14.4 Å². The van der Waals surface area contributed by atoms with Gasteiger partial charge in [-0.15, -0.1) is 11.3 Å². The van der Waals surface area contributed by atoms with E-state index >= 15 is 0 Å². The third-order valence-electron chi connectivity index (χ3n) is 4.70. The van der Waals surface area contributed by atoms with Gasteiger partial charge in [0.25, 0.3) is 11.5 Å². The third kappa shape index (κ3) is 4.39. The Morgan fingerprint density at radius 2 is 1.77 bits per heavy atom. The number of fused-ring (bicyclic) bond motifs is 1. The first-order valence-corrected chi connectivity index (χ1v) is 10.4. The highest BCUT2D eigenvalue weighted by Crippen LogP contribution is 2.30. The van der Waals surface area contributed by atoms with Crippen molar-refractivity contribution in [1.29, 1.82) is 0 Å². The highest BCUT2D eigenvalue weighted by atomic mass is 32.1. The molecule has 31 heavy (non-hydrogen) atoms. The first-order valence-electron chi connectivity index (χ1n) is 9.58. The van der Waals surface area contributed by atoms with Crippen molar-refractivity contribution in [2.75, 3.05) is 19.4 Å². The molecule has 0 bridgehead atoms. The SMILES string of the molecule is CN(C)C(=O)c1ccc(NC(=O)Cn2cnc3cc(-c4ccccc4)sc3c2=O)cc1. The lowest BCUT2D eigenvalue weighted by atomic mass is 10.2. The molecule has 4 rings (SSSR count). The number of amides is 2. The van der Waals surface area contributed by atoms with E-state index in [1.165, 1.54) is 27.1 Å². The second-order valence-electron chi connectivity index (χ2n) is 7.19. The third-order valence-corrected chi connectivity index (χ3v) is 5.86. The van der Waals surface area contributed by atoms with Gasteiger partial charge in [0.15, 0.2) is 0 Å². The molecule has 0 saturated carbocycles. The van der Waals surface area contributed by atoms with Crippen molar-refractivity contribution in [2.45, 2.75) is 6.54 Å². The van der Waals surface area contributed by atoms with Crippen LogP contribution in [0.5, 0.6) is 0 Å². The normalized spacial score (nSPS) is 10.8. The quantitative estimate of drug-likeness (QED) is 0.523. The average Bonchev–Trinajstić information content (AvgIpc) is 3.21. The number of hydrogen-bond acceptors (Lipinski definition) is 5. The number of hydrogen-bond donors (Lipinski definition) is 1. The van der Waals surface area contributed by atoms with Crippen molar-refractivity contribution in [1.82, 2.24) is 14.5 Å². The predicted octanol–water partition coefficient (Wildman–Crippen LogP) is 3.47. The molecular weight excluding hydrogens is 412 g/mol. The fraction of sp³-hybridized carbons (Fsp3) is 0.130. The molecule has 2 aromatic carbocycles. The van der Waals surface area contributed by atoms with Crippen LogP contribution in [0.1, 0.15) is 10.4 Å². The zero-order chi connectivity index (χ0) is 22.0. The number of nitrogens with one attached hydrogen (secondary N) is 1. The van der Waals surface area contributed by atoms with E-state index < -0.39 is 0 Å². The van der Waals surface area contributed by atoms with Crippen LogP contribution in [0.4, 0.5) is 5.69 Å². The van der Waals surface area contributed by atoms with Crippen LogP contribution in [0.3, 0.4) is 0 Å². The summed E-state index contributed by atoms with van der Waals surface area (Å²) < 4.78 is 1.81. The first-order chi connectivity index (χ1) is 14.9. The fourth-order valence-corrected chi connectivity index (χ4v) is 4.18. The molecule has 4 aromatic rings. The molecule has 156 valence electrons. The summed E-state index contributed by atoms with van der Waals surface area (Å²) in [7, 11) is 3.36. The number of nitrogens with zero attached hydrogens (tertiary/aromatic N) is 3. The van der Waals surface area contributed by atoms with Gasteiger partial charge in [-0.3, -0.25) is 19.0 Å². The Kier molecular flexibility index (Phi) is 5.64. The molecule has 0 aliphatic carbocycles. The molecule has 0 saturated heterocycles. The van der Waals surface area contributed by atoms with Gasteiger partial charge in [-0.05, 0) is 35.9 Å². The van der Waals surface area contributed by atoms with Crippen LogP contribution >= 0.6 is 11.3 Å². The number of aromatic nitrogens is 2. The van der Waals surface area contributed by atoms with E-state index in [1.807, 2.05) is 36.4 Å². The number of thiophene rings is 1. The van der Waals surface area contributed by atoms with E-state index in [0.29, 0.717) is 21.5 Å². The summed E-state index contributed by atoms with van der Waals surface area (Å²) in [5, 5.41) is 2.74. The summed E-state index contributed by atoms with van der Waals surface area (Å²) in [6.45, 7) is -0.154. The average molecular weight is 433 g/mol. The predicted molar refractivity (Wildman–Crippen MR) is 122 cm³/mol. The van der Waals surface area contributed by atoms with E-state index in [-0.39, 0.29) is 23.9 Å². The highest BCUT2D eigenvalue weighted by Gasteiger charge is 2.13. The van der Waals surface area contributed by atoms with Crippen molar-refractivity contribution in [3.05, 3.63) is 82.9 Å². The van der Waals surface area contributed by atoms with Crippen molar-refractivity contribution >= 4 is 39.1 Å². The topological polar surface area (TPSA) is 84.3 Å². The van der Waals surface area contributed by atoms with Gasteiger partial charge in [0.1, 0.15) is 11.2 Å². The van der Waals surface area contributed by atoms with E-state index in [2.05, 4.69) is 10.3 Å². The van der Waals surface area contributed by atoms with Crippen LogP contribution in [-0.2, 0) is 11.3 Å². The zero-order valence-corrected chi connectivity index (χ0v) is 17.8. The van der Waals surface area contributed by atoms with Gasteiger partial charge in [-0.2, -0.15) is 0 Å². The summed E-state index contributed by atoms with van der Waals surface area (Å²) in [6.07, 6.45) is 1.39. The minimum atomic E-state index is -0.352. The number of benzene rings is 2. The summed E-state index contributed by atoms with van der Waals surface area (Å²) in [4.78, 5) is 44.0. The van der Waals surface area contributed by atoms with Crippen molar-refractivity contribution in [3.63, 3.8) is 0 Å². The largest absolute Gasteiger partial charge is 0.345 e. The Balaban J connectivity index is 1.50. The van der Waals surface area contributed by atoms with Crippen LogP contribution in [0.2, 0.25) is 0 Å². The maximum atomic E-state index is 12.9. The maximum absolute atomic E-state index is 12.9. The van der Waals surface area contributed by atoms with Crippen LogP contribution in [-0.4, -0.2) is 40.4 Å². The van der Waals surface area contributed by atoms with Crippen LogP contribution in [0, 0.1) is 0 Å². The van der Waals surface area contributed by atoms with Crippen molar-refractivity contribution < 1.29 is 9.59 Å². The van der Waals surface area contributed by atoms with Gasteiger partial charge in [0.05, 0.1) is 11.8 Å². The number of carbonyl (C=O) groups is 2. The van der Waals surface area contributed by atoms with Gasteiger partial charge in [-0.25, -0.2) is 4.98 Å². The number of carbonyl (C=O) groups excluding carboxylic acids is 2. The molecule has 0 radical (unpaired) electrons. The second kappa shape index (κ2) is 8.53. The summed E-state index contributed by atoms with van der Waals surface area (Å²) in [5.74, 6) is -0.468. The lowest BCUT2D eigenvalue weighted by molar-refractivity contribution is -0.116. The number of rotatable bonds is 5. The molecule has 2 heterocycles. The molecule has 0 aliphatic rings. The molecule has 0 spiro atoms. The Labute approximate surface area is 182 Å². The van der Waals surface area contributed by atoms with Gasteiger partial charge >= 0.3 is 0 Å². The van der Waals surface area contributed by atoms with Gasteiger partial charge in [-0.1, -0.05) is 30.3 Å². The molecule has 0 aliphatic heterocycles. The fourth-order valence-electron chi connectivity index (χ4n) is 3.11.